The molecule has 12 rings (SSSR count). The van der Waals surface area contributed by atoms with Crippen molar-refractivity contribution in [1.82, 2.24) is 18.9 Å². The number of esters is 2. The molecule has 4 aromatic carbocycles. The number of ether oxygens (including phenoxy) is 2. The number of alkyl halides is 1. The molecule has 0 radical (unpaired) electrons. The molecular weight excluding hydrogens is 1030 g/mol. The molecule has 14 nitrogen and oxygen atoms in total. The molecule has 2 saturated carbocycles. The van der Waals surface area contributed by atoms with Crippen LogP contribution >= 0.6 is 11.6 Å². The normalized spacial score (nSPS) is 17.6. The number of fused-ring (bicyclic) bond motifs is 10. The van der Waals surface area contributed by atoms with E-state index in [-0.39, 0.29) is 60.9 Å². The summed E-state index contributed by atoms with van der Waals surface area (Å²) in [5.74, 6) is -1.28. The van der Waals surface area contributed by atoms with E-state index in [4.69, 9.17) is 21.1 Å². The van der Waals surface area contributed by atoms with E-state index in [9.17, 15) is 37.5 Å². The highest BCUT2D eigenvalue weighted by atomic mass is 35.5. The Morgan fingerprint density at radius 3 is 1.56 bits per heavy atom. The monoisotopic (exact) mass is 1100 g/mol. The van der Waals surface area contributed by atoms with Gasteiger partial charge in [-0.1, -0.05) is 50.7 Å². The third-order valence-electron chi connectivity index (χ3n) is 16.8. The molecule has 2 aromatic heterocycles. The number of benzene rings is 4. The first-order valence-electron chi connectivity index (χ1n) is 28.2. The number of rotatable bonds is 7. The fourth-order valence-electron chi connectivity index (χ4n) is 13.0. The molecule has 416 valence electrons. The van der Waals surface area contributed by atoms with Crippen molar-refractivity contribution in [3.05, 3.63) is 107 Å². The van der Waals surface area contributed by atoms with Crippen LogP contribution in [0.25, 0.3) is 44.3 Å². The molecule has 79 heavy (non-hydrogen) atoms. The predicted octanol–water partition coefficient (Wildman–Crippen LogP) is 12.1. The number of nitrogens with zero attached hydrogens (tertiary/aromatic N) is 5. The van der Waals surface area contributed by atoms with E-state index in [1.807, 2.05) is 31.1 Å². The van der Waals surface area contributed by atoms with E-state index in [0.717, 1.165) is 141 Å². The second-order valence-electron chi connectivity index (χ2n) is 21.7. The standard InChI is InChI=1S/C31H34FN3O4.C24H23FN2O3.C7H12ClNO/c1-39-31(38)21-10-12-23-26(16-21)35-19-28(37)34(18-27(36)33-14-6-3-7-15-33)25-13-11-22(32)17-24(25)30(35)29(23)20-8-4-2-5-9-20;1-30-24(29)15-7-9-17-20(11-15)27-13-21(28)26-19-10-8-16(25)12-18(19)23(27)22(17)14-5-3-2-4-6-14;8-6-7(10)9-4-2-1-3-5-9/h10-13,16-17,20H,2-9,14-15,18-19H2,1H3;7-12,14H,2-6,13H2,1H3,(H,26,28);1-6H2. The van der Waals surface area contributed by atoms with E-state index in [0.29, 0.717) is 52.6 Å². The number of methoxy groups -OCH3 is 2. The molecule has 2 aliphatic carbocycles. The molecule has 6 aromatic rings. The molecule has 0 spiro atoms. The number of likely N-dealkylation sites (tertiary alicyclic amines) is 2. The lowest BCUT2D eigenvalue weighted by molar-refractivity contribution is -0.132. The highest BCUT2D eigenvalue weighted by Crippen LogP contribution is 2.49. The lowest BCUT2D eigenvalue weighted by Gasteiger charge is -2.30. The summed E-state index contributed by atoms with van der Waals surface area (Å²) >= 11 is 5.39. The van der Waals surface area contributed by atoms with Crippen molar-refractivity contribution < 1.29 is 47.0 Å². The van der Waals surface area contributed by atoms with Gasteiger partial charge in [0, 0.05) is 48.1 Å². The fraction of sp³-hybridized carbons (Fsp3) is 0.452. The maximum atomic E-state index is 14.9. The Kier molecular flexibility index (Phi) is 17.2. The van der Waals surface area contributed by atoms with Crippen molar-refractivity contribution in [2.24, 2.45) is 0 Å². The Morgan fingerprint density at radius 1 is 0.570 bits per heavy atom. The number of hydrogen-bond acceptors (Lipinski definition) is 8. The van der Waals surface area contributed by atoms with Crippen molar-refractivity contribution in [2.75, 3.05) is 63.0 Å². The maximum Gasteiger partial charge on any atom is 0.337 e. The average molecular weight is 1100 g/mol. The maximum absolute atomic E-state index is 14.9. The number of hydrogen-bond donors (Lipinski definition) is 1. The Labute approximate surface area is 464 Å². The molecule has 6 heterocycles. The van der Waals surface area contributed by atoms with Gasteiger partial charge < -0.3 is 38.6 Å². The van der Waals surface area contributed by atoms with Crippen LogP contribution in [0.2, 0.25) is 0 Å². The van der Waals surface area contributed by atoms with Crippen molar-refractivity contribution in [1.29, 1.82) is 0 Å². The van der Waals surface area contributed by atoms with Crippen molar-refractivity contribution >= 4 is 80.3 Å². The van der Waals surface area contributed by atoms with E-state index >= 15 is 0 Å². The topological polar surface area (TPSA) is 152 Å². The van der Waals surface area contributed by atoms with Crippen LogP contribution in [-0.4, -0.2) is 107 Å². The van der Waals surface area contributed by atoms with Crippen LogP contribution in [0, 0.1) is 11.6 Å². The summed E-state index contributed by atoms with van der Waals surface area (Å²) in [6, 6.07) is 20.0. The average Bonchev–Trinajstić information content (AvgIpc) is 4.00. The quantitative estimate of drug-likeness (QED) is 0.122. The van der Waals surface area contributed by atoms with Gasteiger partial charge in [-0.05, 0) is 148 Å². The van der Waals surface area contributed by atoms with Crippen molar-refractivity contribution in [3.63, 3.8) is 0 Å². The number of carbonyl (C=O) groups is 6. The van der Waals surface area contributed by atoms with Gasteiger partial charge in [0.15, 0.2) is 0 Å². The van der Waals surface area contributed by atoms with E-state index in [2.05, 4.69) is 5.32 Å². The van der Waals surface area contributed by atoms with Crippen LogP contribution in [0.4, 0.5) is 20.2 Å². The van der Waals surface area contributed by atoms with Crippen LogP contribution in [-0.2, 0) is 41.7 Å². The molecule has 0 atom stereocenters. The van der Waals surface area contributed by atoms with Crippen LogP contribution in [0.5, 0.6) is 0 Å². The number of anilines is 2. The summed E-state index contributed by atoms with van der Waals surface area (Å²) in [5.41, 5.74) is 8.82. The molecule has 1 N–H and O–H groups in total. The van der Waals surface area contributed by atoms with Gasteiger partial charge in [0.05, 0.1) is 59.1 Å². The smallest absolute Gasteiger partial charge is 0.337 e. The molecule has 4 aliphatic heterocycles. The molecule has 0 unspecified atom stereocenters. The van der Waals surface area contributed by atoms with Gasteiger partial charge in [-0.3, -0.25) is 19.2 Å². The third-order valence-corrected chi connectivity index (χ3v) is 17.0. The summed E-state index contributed by atoms with van der Waals surface area (Å²) in [6.07, 6.45) is 17.7. The number of amides is 4. The number of halogens is 3. The zero-order valence-corrected chi connectivity index (χ0v) is 45.9. The first-order chi connectivity index (χ1) is 38.4. The molecule has 4 fully saturated rings. The number of aromatic nitrogens is 2. The van der Waals surface area contributed by atoms with E-state index in [1.54, 1.807) is 36.4 Å². The van der Waals surface area contributed by atoms with Gasteiger partial charge in [0.2, 0.25) is 23.6 Å². The van der Waals surface area contributed by atoms with Gasteiger partial charge in [-0.2, -0.15) is 0 Å². The lowest BCUT2D eigenvalue weighted by Crippen LogP contribution is -2.45. The number of nitrogens with one attached hydrogen (secondary N) is 1. The Bertz CT molecular complexity index is 3310. The summed E-state index contributed by atoms with van der Waals surface area (Å²) in [4.78, 5) is 80.6. The Hall–Kier alpha value is -7.07. The van der Waals surface area contributed by atoms with Crippen molar-refractivity contribution in [3.8, 4) is 22.5 Å². The second kappa shape index (κ2) is 24.5. The van der Waals surface area contributed by atoms with Crippen LogP contribution in [0.1, 0.15) is 146 Å². The van der Waals surface area contributed by atoms with Gasteiger partial charge in [0.25, 0.3) is 0 Å². The minimum atomic E-state index is -0.452. The lowest BCUT2D eigenvalue weighted by atomic mass is 9.81. The highest BCUT2D eigenvalue weighted by Gasteiger charge is 2.36. The Balaban J connectivity index is 0.000000155. The predicted molar refractivity (Wildman–Crippen MR) is 302 cm³/mol. The minimum Gasteiger partial charge on any atom is -0.465 e. The molecular formula is C62H69ClF2N6O8. The second-order valence-corrected chi connectivity index (χ2v) is 22.0. The van der Waals surface area contributed by atoms with Crippen molar-refractivity contribution in [2.45, 2.75) is 128 Å². The van der Waals surface area contributed by atoms with Gasteiger partial charge in [-0.15, -0.1) is 11.6 Å². The summed E-state index contributed by atoms with van der Waals surface area (Å²) < 4.78 is 42.9. The van der Waals surface area contributed by atoms with Gasteiger partial charge >= 0.3 is 11.9 Å². The van der Waals surface area contributed by atoms with Gasteiger partial charge in [0.1, 0.15) is 37.1 Å². The summed E-state index contributed by atoms with van der Waals surface area (Å²) in [5, 5.41) is 4.91. The first-order valence-corrected chi connectivity index (χ1v) is 28.7. The first kappa shape index (κ1) is 55.3. The molecule has 6 aliphatic rings. The third kappa shape index (κ3) is 11.5. The van der Waals surface area contributed by atoms with Gasteiger partial charge in [-0.25, -0.2) is 18.4 Å². The summed E-state index contributed by atoms with van der Waals surface area (Å²) in [6.45, 7) is 3.24. The number of piperidine rings is 2. The van der Waals surface area contributed by atoms with E-state index < -0.39 is 17.8 Å². The molecule has 4 amide bonds. The van der Waals surface area contributed by atoms with E-state index in [1.165, 1.54) is 62.6 Å². The van der Waals surface area contributed by atoms with Crippen LogP contribution in [0.3, 0.4) is 0 Å². The highest BCUT2D eigenvalue weighted by molar-refractivity contribution is 6.27. The SMILES string of the molecule is COC(=O)c1ccc2c(C3CCCCC3)c3n(c2c1)CC(=O)N(CC(=O)N1CCCCC1)c1ccc(F)cc1-3.COC(=O)c1ccc2c(C3CCCCC3)c3n(c2c1)CC(=O)Nc1ccc(F)cc1-3.O=C(CCl)N1CCCCC1. The molecule has 17 heteroatoms. The zero-order valence-electron chi connectivity index (χ0n) is 45.2. The zero-order chi connectivity index (χ0) is 55.3. The minimum absolute atomic E-state index is 0.00718. The largest absolute Gasteiger partial charge is 0.465 e. The molecule has 0 bridgehead atoms. The molecule has 2 saturated heterocycles. The fourth-order valence-corrected chi connectivity index (χ4v) is 13.2. The van der Waals surface area contributed by atoms with Crippen LogP contribution in [0.15, 0.2) is 72.8 Å². The Morgan fingerprint density at radius 2 is 1.04 bits per heavy atom. The number of carbonyl (C=O) groups excluding carboxylic acids is 6. The summed E-state index contributed by atoms with van der Waals surface area (Å²) in [7, 11) is 2.70. The van der Waals surface area contributed by atoms with Crippen LogP contribution < -0.4 is 10.2 Å².